The van der Waals surface area contributed by atoms with Crippen molar-refractivity contribution in [2.75, 3.05) is 6.54 Å². The monoisotopic (exact) mass is 256 g/mol. The van der Waals surface area contributed by atoms with Crippen molar-refractivity contribution in [2.45, 2.75) is 33.4 Å². The lowest BCUT2D eigenvalue weighted by Gasteiger charge is -2.11. The first-order chi connectivity index (χ1) is 9.25. The molecular formula is C17H24N2. The third-order valence-corrected chi connectivity index (χ3v) is 3.27. The van der Waals surface area contributed by atoms with E-state index in [4.69, 9.17) is 0 Å². The molecule has 0 aliphatic heterocycles. The predicted molar refractivity (Wildman–Crippen MR) is 81.1 cm³/mol. The first kappa shape index (κ1) is 13.9. The van der Waals surface area contributed by atoms with Crippen molar-refractivity contribution in [3.63, 3.8) is 0 Å². The van der Waals surface area contributed by atoms with Crippen molar-refractivity contribution >= 4 is 0 Å². The molecular weight excluding hydrogens is 232 g/mol. The molecule has 2 aromatic rings. The SMILES string of the molecule is CC(C)CNCc1cccn1CCc1ccccc1. The Morgan fingerprint density at radius 1 is 1.05 bits per heavy atom. The molecule has 0 unspecified atom stereocenters. The number of hydrogen-bond acceptors (Lipinski definition) is 1. The van der Waals surface area contributed by atoms with Gasteiger partial charge >= 0.3 is 0 Å². The number of nitrogens with one attached hydrogen (secondary N) is 1. The van der Waals surface area contributed by atoms with Crippen LogP contribution in [0.2, 0.25) is 0 Å². The number of aromatic nitrogens is 1. The van der Waals surface area contributed by atoms with Crippen molar-refractivity contribution in [3.05, 3.63) is 59.9 Å². The molecule has 0 aliphatic rings. The second-order valence-corrected chi connectivity index (χ2v) is 5.45. The topological polar surface area (TPSA) is 17.0 Å². The zero-order valence-electron chi connectivity index (χ0n) is 12.0. The third-order valence-electron chi connectivity index (χ3n) is 3.27. The van der Waals surface area contributed by atoms with E-state index in [1.807, 2.05) is 0 Å². The van der Waals surface area contributed by atoms with Gasteiger partial charge in [-0.2, -0.15) is 0 Å². The van der Waals surface area contributed by atoms with Gasteiger partial charge in [0.1, 0.15) is 0 Å². The lowest BCUT2D eigenvalue weighted by molar-refractivity contribution is 0.534. The van der Waals surface area contributed by atoms with Crippen LogP contribution in [0.15, 0.2) is 48.7 Å². The largest absolute Gasteiger partial charge is 0.350 e. The van der Waals surface area contributed by atoms with Gasteiger partial charge in [-0.25, -0.2) is 0 Å². The van der Waals surface area contributed by atoms with Crippen LogP contribution in [0.1, 0.15) is 25.1 Å². The molecule has 0 radical (unpaired) electrons. The number of rotatable bonds is 7. The Kier molecular flexibility index (Phi) is 5.22. The lowest BCUT2D eigenvalue weighted by Crippen LogP contribution is -2.21. The number of hydrogen-bond donors (Lipinski definition) is 1. The van der Waals surface area contributed by atoms with Crippen molar-refractivity contribution in [1.82, 2.24) is 9.88 Å². The van der Waals surface area contributed by atoms with E-state index < -0.39 is 0 Å². The van der Waals surface area contributed by atoms with Crippen LogP contribution in [0.3, 0.4) is 0 Å². The Labute approximate surface area is 116 Å². The van der Waals surface area contributed by atoms with Gasteiger partial charge < -0.3 is 9.88 Å². The molecule has 0 atom stereocenters. The molecule has 0 amide bonds. The minimum Gasteiger partial charge on any atom is -0.350 e. The van der Waals surface area contributed by atoms with Crippen LogP contribution in [-0.4, -0.2) is 11.1 Å². The summed E-state index contributed by atoms with van der Waals surface area (Å²) in [7, 11) is 0. The average molecular weight is 256 g/mol. The quantitative estimate of drug-likeness (QED) is 0.802. The normalized spacial score (nSPS) is 11.1. The maximum atomic E-state index is 3.50. The third kappa shape index (κ3) is 4.56. The van der Waals surface area contributed by atoms with Gasteiger partial charge in [-0.1, -0.05) is 44.2 Å². The van der Waals surface area contributed by atoms with Gasteiger partial charge in [0.2, 0.25) is 0 Å². The van der Waals surface area contributed by atoms with Crippen molar-refractivity contribution < 1.29 is 0 Å². The lowest BCUT2D eigenvalue weighted by atomic mass is 10.1. The van der Waals surface area contributed by atoms with Crippen molar-refractivity contribution in [3.8, 4) is 0 Å². The Morgan fingerprint density at radius 3 is 2.58 bits per heavy atom. The molecule has 1 heterocycles. The van der Waals surface area contributed by atoms with Crippen LogP contribution >= 0.6 is 0 Å². The highest BCUT2D eigenvalue weighted by molar-refractivity contribution is 5.15. The van der Waals surface area contributed by atoms with Gasteiger partial charge in [0.05, 0.1) is 0 Å². The summed E-state index contributed by atoms with van der Waals surface area (Å²) in [5.41, 5.74) is 2.77. The van der Waals surface area contributed by atoms with E-state index in [9.17, 15) is 0 Å². The highest BCUT2D eigenvalue weighted by Crippen LogP contribution is 2.06. The van der Waals surface area contributed by atoms with E-state index in [-0.39, 0.29) is 0 Å². The van der Waals surface area contributed by atoms with Crippen molar-refractivity contribution in [1.29, 1.82) is 0 Å². The molecule has 0 saturated carbocycles. The van der Waals surface area contributed by atoms with E-state index in [2.05, 4.69) is 72.4 Å². The first-order valence-corrected chi connectivity index (χ1v) is 7.14. The van der Waals surface area contributed by atoms with Gasteiger partial charge in [0.15, 0.2) is 0 Å². The number of aryl methyl sites for hydroxylation is 2. The summed E-state index contributed by atoms with van der Waals surface area (Å²) in [6, 6.07) is 15.0. The van der Waals surface area contributed by atoms with E-state index in [0.717, 1.165) is 26.1 Å². The maximum Gasteiger partial charge on any atom is 0.0359 e. The highest BCUT2D eigenvalue weighted by Gasteiger charge is 2.01. The molecule has 0 bridgehead atoms. The van der Waals surface area contributed by atoms with E-state index in [0.29, 0.717) is 5.92 Å². The second-order valence-electron chi connectivity index (χ2n) is 5.45. The fraction of sp³-hybridized carbons (Fsp3) is 0.412. The smallest absolute Gasteiger partial charge is 0.0359 e. The number of nitrogens with zero attached hydrogens (tertiary/aromatic N) is 1. The Morgan fingerprint density at radius 2 is 1.84 bits per heavy atom. The summed E-state index contributed by atoms with van der Waals surface area (Å²) in [5, 5.41) is 3.50. The first-order valence-electron chi connectivity index (χ1n) is 7.14. The van der Waals surface area contributed by atoms with Gasteiger partial charge in [-0.15, -0.1) is 0 Å². The molecule has 2 rings (SSSR count). The van der Waals surface area contributed by atoms with Crippen LogP contribution in [-0.2, 0) is 19.5 Å². The van der Waals surface area contributed by atoms with Crippen LogP contribution in [0, 0.1) is 5.92 Å². The minimum atomic E-state index is 0.702. The molecule has 2 heteroatoms. The van der Waals surface area contributed by atoms with E-state index in [1.165, 1.54) is 11.3 Å². The molecule has 0 spiro atoms. The van der Waals surface area contributed by atoms with Gasteiger partial charge in [-0.3, -0.25) is 0 Å². The molecule has 1 aromatic carbocycles. The predicted octanol–water partition coefficient (Wildman–Crippen LogP) is 3.48. The molecule has 1 aromatic heterocycles. The highest BCUT2D eigenvalue weighted by atomic mass is 15.0. The van der Waals surface area contributed by atoms with Gasteiger partial charge in [-0.05, 0) is 36.6 Å². The molecule has 0 aliphatic carbocycles. The summed E-state index contributed by atoms with van der Waals surface area (Å²) in [4.78, 5) is 0. The fourth-order valence-electron chi connectivity index (χ4n) is 2.21. The maximum absolute atomic E-state index is 3.50. The summed E-state index contributed by atoms with van der Waals surface area (Å²) in [6.45, 7) is 7.56. The van der Waals surface area contributed by atoms with Crippen LogP contribution in [0.25, 0.3) is 0 Å². The molecule has 102 valence electrons. The Hall–Kier alpha value is -1.54. The molecule has 0 fully saturated rings. The molecule has 19 heavy (non-hydrogen) atoms. The Bertz CT molecular complexity index is 471. The van der Waals surface area contributed by atoms with Crippen LogP contribution < -0.4 is 5.32 Å². The number of benzene rings is 1. The summed E-state index contributed by atoms with van der Waals surface area (Å²) in [5.74, 6) is 0.702. The van der Waals surface area contributed by atoms with E-state index >= 15 is 0 Å². The Balaban J connectivity index is 1.85. The van der Waals surface area contributed by atoms with Gasteiger partial charge in [0, 0.05) is 25.0 Å². The molecule has 1 N–H and O–H groups in total. The molecule has 2 nitrogen and oxygen atoms in total. The fourth-order valence-corrected chi connectivity index (χ4v) is 2.21. The summed E-state index contributed by atoms with van der Waals surface area (Å²) >= 11 is 0. The van der Waals surface area contributed by atoms with Crippen LogP contribution in [0.5, 0.6) is 0 Å². The summed E-state index contributed by atoms with van der Waals surface area (Å²) in [6.07, 6.45) is 3.27. The van der Waals surface area contributed by atoms with Crippen molar-refractivity contribution in [2.24, 2.45) is 5.92 Å². The van der Waals surface area contributed by atoms with Crippen LogP contribution in [0.4, 0.5) is 0 Å². The zero-order valence-corrected chi connectivity index (χ0v) is 12.0. The molecule has 0 saturated heterocycles. The van der Waals surface area contributed by atoms with Gasteiger partial charge in [0.25, 0.3) is 0 Å². The van der Waals surface area contributed by atoms with E-state index in [1.54, 1.807) is 0 Å². The second kappa shape index (κ2) is 7.15. The standard InChI is InChI=1S/C17H24N2/c1-15(2)13-18-14-17-9-6-11-19(17)12-10-16-7-4-3-5-8-16/h3-9,11,15,18H,10,12-14H2,1-2H3. The zero-order chi connectivity index (χ0) is 13.5. The minimum absolute atomic E-state index is 0.702. The summed E-state index contributed by atoms with van der Waals surface area (Å²) < 4.78 is 2.35. The average Bonchev–Trinajstić information content (AvgIpc) is 2.85.